The highest BCUT2D eigenvalue weighted by Gasteiger charge is 2.09. The first kappa shape index (κ1) is 15.1. The Morgan fingerprint density at radius 2 is 1.72 bits per heavy atom. The number of hydrogen-bond acceptors (Lipinski definition) is 4. The molecule has 0 saturated carbocycles. The second-order valence-electron chi connectivity index (χ2n) is 4.49. The SMILES string of the molecule is CCS(=O)(=O)CCN(C)Cc1ccc(CN)cc1. The van der Waals surface area contributed by atoms with Crippen molar-refractivity contribution in [3.63, 3.8) is 0 Å². The van der Waals surface area contributed by atoms with Crippen LogP contribution in [0, 0.1) is 0 Å². The molecule has 1 aromatic carbocycles. The van der Waals surface area contributed by atoms with Crippen LogP contribution in [0.25, 0.3) is 0 Å². The molecular weight excluding hydrogens is 248 g/mol. The lowest BCUT2D eigenvalue weighted by molar-refractivity contribution is 0.346. The summed E-state index contributed by atoms with van der Waals surface area (Å²) in [4.78, 5) is 2.02. The average molecular weight is 270 g/mol. The Morgan fingerprint density at radius 1 is 1.17 bits per heavy atom. The molecule has 0 heterocycles. The molecule has 0 radical (unpaired) electrons. The Balaban J connectivity index is 2.46. The molecule has 0 aliphatic carbocycles. The van der Waals surface area contributed by atoms with Gasteiger partial charge in [-0.15, -0.1) is 0 Å². The topological polar surface area (TPSA) is 63.4 Å². The third-order valence-electron chi connectivity index (χ3n) is 2.94. The van der Waals surface area contributed by atoms with Crippen molar-refractivity contribution in [1.82, 2.24) is 4.90 Å². The van der Waals surface area contributed by atoms with Crippen LogP contribution in [0.1, 0.15) is 18.1 Å². The third kappa shape index (κ3) is 5.16. The van der Waals surface area contributed by atoms with Crippen LogP contribution >= 0.6 is 0 Å². The maximum Gasteiger partial charge on any atom is 0.151 e. The average Bonchev–Trinajstić information content (AvgIpc) is 2.37. The third-order valence-corrected chi connectivity index (χ3v) is 4.62. The van der Waals surface area contributed by atoms with Gasteiger partial charge in [-0.1, -0.05) is 31.2 Å². The van der Waals surface area contributed by atoms with Gasteiger partial charge in [0.05, 0.1) is 5.75 Å². The van der Waals surface area contributed by atoms with Crippen LogP contribution in [0.4, 0.5) is 0 Å². The van der Waals surface area contributed by atoms with E-state index in [0.29, 0.717) is 13.1 Å². The summed E-state index contributed by atoms with van der Waals surface area (Å²) in [5.74, 6) is 0.437. The van der Waals surface area contributed by atoms with Gasteiger partial charge in [-0.2, -0.15) is 0 Å². The minimum atomic E-state index is -2.88. The summed E-state index contributed by atoms with van der Waals surface area (Å²) in [5.41, 5.74) is 7.81. The number of benzene rings is 1. The van der Waals surface area contributed by atoms with E-state index < -0.39 is 9.84 Å². The zero-order valence-corrected chi connectivity index (χ0v) is 11.9. The summed E-state index contributed by atoms with van der Waals surface area (Å²) < 4.78 is 22.8. The van der Waals surface area contributed by atoms with Gasteiger partial charge in [0.2, 0.25) is 0 Å². The van der Waals surface area contributed by atoms with Gasteiger partial charge in [-0.25, -0.2) is 8.42 Å². The maximum atomic E-state index is 11.4. The summed E-state index contributed by atoms with van der Waals surface area (Å²) in [6.45, 7) is 3.55. The quantitative estimate of drug-likeness (QED) is 0.803. The van der Waals surface area contributed by atoms with E-state index in [-0.39, 0.29) is 11.5 Å². The molecule has 102 valence electrons. The van der Waals surface area contributed by atoms with E-state index in [4.69, 9.17) is 5.73 Å². The molecule has 0 spiro atoms. The summed E-state index contributed by atoms with van der Waals surface area (Å²) in [6.07, 6.45) is 0. The van der Waals surface area contributed by atoms with Crippen LogP contribution in [0.15, 0.2) is 24.3 Å². The minimum Gasteiger partial charge on any atom is -0.326 e. The van der Waals surface area contributed by atoms with Crippen molar-refractivity contribution in [3.8, 4) is 0 Å². The first-order valence-electron chi connectivity index (χ1n) is 6.13. The first-order chi connectivity index (χ1) is 8.46. The van der Waals surface area contributed by atoms with Crippen molar-refractivity contribution in [2.24, 2.45) is 5.73 Å². The maximum absolute atomic E-state index is 11.4. The summed E-state index contributed by atoms with van der Waals surface area (Å²) in [5, 5.41) is 0. The Morgan fingerprint density at radius 3 is 2.22 bits per heavy atom. The minimum absolute atomic E-state index is 0.214. The molecule has 5 heteroatoms. The largest absolute Gasteiger partial charge is 0.326 e. The van der Waals surface area contributed by atoms with E-state index in [1.54, 1.807) is 6.92 Å². The number of sulfone groups is 1. The van der Waals surface area contributed by atoms with Gasteiger partial charge in [-0.05, 0) is 18.2 Å². The monoisotopic (exact) mass is 270 g/mol. The lowest BCUT2D eigenvalue weighted by atomic mass is 10.1. The Bertz CT molecular complexity index is 454. The van der Waals surface area contributed by atoms with Gasteiger partial charge in [0.1, 0.15) is 0 Å². The highest BCUT2D eigenvalue weighted by atomic mass is 32.2. The molecule has 1 rings (SSSR count). The molecule has 0 aliphatic heterocycles. The fourth-order valence-electron chi connectivity index (χ4n) is 1.61. The van der Waals surface area contributed by atoms with Crippen molar-refractivity contribution < 1.29 is 8.42 Å². The van der Waals surface area contributed by atoms with Crippen LogP contribution in [-0.2, 0) is 22.9 Å². The van der Waals surface area contributed by atoms with Crippen molar-refractivity contribution in [3.05, 3.63) is 35.4 Å². The lowest BCUT2D eigenvalue weighted by Gasteiger charge is -2.16. The van der Waals surface area contributed by atoms with Gasteiger partial charge in [0.25, 0.3) is 0 Å². The second-order valence-corrected chi connectivity index (χ2v) is 6.97. The van der Waals surface area contributed by atoms with Crippen LogP contribution in [0.3, 0.4) is 0 Å². The number of nitrogens with two attached hydrogens (primary N) is 1. The zero-order valence-electron chi connectivity index (χ0n) is 11.1. The summed E-state index contributed by atoms with van der Waals surface area (Å²) in [6, 6.07) is 8.08. The fraction of sp³-hybridized carbons (Fsp3) is 0.538. The van der Waals surface area contributed by atoms with Gasteiger partial charge in [0.15, 0.2) is 9.84 Å². The lowest BCUT2D eigenvalue weighted by Crippen LogP contribution is -2.26. The number of hydrogen-bond donors (Lipinski definition) is 1. The summed E-state index contributed by atoms with van der Waals surface area (Å²) >= 11 is 0. The molecule has 0 unspecified atom stereocenters. The van der Waals surface area contributed by atoms with Crippen LogP contribution in [0.2, 0.25) is 0 Å². The Kier molecular flexibility index (Phi) is 5.78. The zero-order chi connectivity index (χ0) is 13.6. The number of nitrogens with zero attached hydrogens (tertiary/aromatic N) is 1. The van der Waals surface area contributed by atoms with Gasteiger partial charge >= 0.3 is 0 Å². The van der Waals surface area contributed by atoms with E-state index >= 15 is 0 Å². The molecule has 18 heavy (non-hydrogen) atoms. The van der Waals surface area contributed by atoms with E-state index in [2.05, 4.69) is 0 Å². The molecule has 2 N–H and O–H groups in total. The Hall–Kier alpha value is -0.910. The van der Waals surface area contributed by atoms with Crippen LogP contribution in [-0.4, -0.2) is 38.4 Å². The van der Waals surface area contributed by atoms with Crippen molar-refractivity contribution in [2.45, 2.75) is 20.0 Å². The van der Waals surface area contributed by atoms with E-state index in [1.165, 1.54) is 5.56 Å². The molecule has 0 saturated heterocycles. The van der Waals surface area contributed by atoms with Crippen LogP contribution < -0.4 is 5.73 Å². The molecule has 1 aromatic rings. The molecule has 0 amide bonds. The normalized spacial score (nSPS) is 12.0. The van der Waals surface area contributed by atoms with Gasteiger partial charge in [0, 0.05) is 25.4 Å². The fourth-order valence-corrected chi connectivity index (χ4v) is 2.49. The van der Waals surface area contributed by atoms with Crippen molar-refractivity contribution in [1.29, 1.82) is 0 Å². The molecule has 0 atom stereocenters. The highest BCUT2D eigenvalue weighted by Crippen LogP contribution is 2.06. The predicted molar refractivity (Wildman–Crippen MR) is 75.0 cm³/mol. The van der Waals surface area contributed by atoms with Gasteiger partial charge < -0.3 is 10.6 Å². The molecule has 0 fully saturated rings. The smallest absolute Gasteiger partial charge is 0.151 e. The van der Waals surface area contributed by atoms with E-state index in [1.807, 2.05) is 36.2 Å². The Labute approximate surface area is 110 Å². The highest BCUT2D eigenvalue weighted by molar-refractivity contribution is 7.91. The predicted octanol–water partition coefficient (Wildman–Crippen LogP) is 1.01. The van der Waals surface area contributed by atoms with Crippen molar-refractivity contribution >= 4 is 9.84 Å². The van der Waals surface area contributed by atoms with Gasteiger partial charge in [-0.3, -0.25) is 0 Å². The first-order valence-corrected chi connectivity index (χ1v) is 7.96. The summed E-state index contributed by atoms with van der Waals surface area (Å²) in [7, 11) is -0.943. The van der Waals surface area contributed by atoms with E-state index in [9.17, 15) is 8.42 Å². The molecule has 0 bridgehead atoms. The molecule has 0 aliphatic rings. The standard InChI is InChI=1S/C13H22N2O2S/c1-3-18(16,17)9-8-15(2)11-13-6-4-12(10-14)5-7-13/h4-7H,3,8-11,14H2,1-2H3. The van der Waals surface area contributed by atoms with Crippen molar-refractivity contribution in [2.75, 3.05) is 25.1 Å². The number of rotatable bonds is 7. The second kappa shape index (κ2) is 6.87. The molecule has 4 nitrogen and oxygen atoms in total. The van der Waals surface area contributed by atoms with E-state index in [0.717, 1.165) is 12.1 Å². The molecular formula is C13H22N2O2S. The molecule has 0 aromatic heterocycles. The van der Waals surface area contributed by atoms with Crippen LogP contribution in [0.5, 0.6) is 0 Å².